The fourth-order valence-corrected chi connectivity index (χ4v) is 6.30. The Kier molecular flexibility index (Phi) is 5.26. The minimum atomic E-state index is -3.40. The van der Waals surface area contributed by atoms with Crippen LogP contribution in [0.25, 0.3) is 22.8 Å². The molecule has 1 fully saturated rings. The molecule has 2 N–H and O–H groups in total. The minimum Gasteiger partial charge on any atom is -0.379 e. The number of alkyl halides is 2. The van der Waals surface area contributed by atoms with Crippen LogP contribution in [-0.2, 0) is 5.41 Å². The van der Waals surface area contributed by atoms with Gasteiger partial charge in [-0.2, -0.15) is 10.2 Å². The maximum atomic E-state index is 14.5. The second-order valence-electron chi connectivity index (χ2n) is 10.7. The van der Waals surface area contributed by atoms with Gasteiger partial charge in [-0.15, -0.1) is 5.10 Å². The molecule has 0 radical (unpaired) electrons. The van der Waals surface area contributed by atoms with Crippen molar-refractivity contribution in [2.75, 3.05) is 0 Å². The number of pyridine rings is 1. The number of aromatic amines is 1. The lowest BCUT2D eigenvalue weighted by atomic mass is 9.66. The zero-order valence-electron chi connectivity index (χ0n) is 20.8. The van der Waals surface area contributed by atoms with Crippen molar-refractivity contribution in [2.24, 2.45) is 5.41 Å². The Morgan fingerprint density at radius 1 is 1.03 bits per heavy atom. The summed E-state index contributed by atoms with van der Waals surface area (Å²) in [4.78, 5) is 8.89. The molecule has 38 heavy (non-hydrogen) atoms. The van der Waals surface area contributed by atoms with Crippen LogP contribution >= 0.6 is 0 Å². The lowest BCUT2D eigenvalue weighted by molar-refractivity contribution is -0.0989. The largest absolute Gasteiger partial charge is 0.379 e. The normalized spacial score (nSPS) is 22.5. The molecule has 0 amide bonds. The number of rotatable bonds is 5. The Morgan fingerprint density at radius 3 is 2.45 bits per heavy atom. The Bertz CT molecular complexity index is 1550. The number of hydrogen-bond donors (Lipinski definition) is 2. The molecule has 7 nitrogen and oxygen atoms in total. The van der Waals surface area contributed by atoms with Crippen LogP contribution in [0.4, 0.5) is 17.6 Å². The topological polar surface area (TPSA) is 100 Å². The van der Waals surface area contributed by atoms with Gasteiger partial charge < -0.3 is 5.11 Å². The number of benzene rings is 1. The second kappa shape index (κ2) is 8.13. The summed E-state index contributed by atoms with van der Waals surface area (Å²) in [5, 5.41) is 25.0. The number of aromatic nitrogens is 6. The molecule has 196 valence electrons. The number of aliphatic hydroxyl groups is 1. The molecule has 0 unspecified atom stereocenters. The molecule has 3 heterocycles. The summed E-state index contributed by atoms with van der Waals surface area (Å²) in [6.07, 6.45) is -0.583. The van der Waals surface area contributed by atoms with Crippen LogP contribution in [0, 0.1) is 17.0 Å². The van der Waals surface area contributed by atoms with E-state index in [-0.39, 0.29) is 34.2 Å². The summed E-state index contributed by atoms with van der Waals surface area (Å²) in [7, 11) is 0. The van der Waals surface area contributed by atoms with E-state index >= 15 is 0 Å². The van der Waals surface area contributed by atoms with Crippen LogP contribution in [0.2, 0.25) is 0 Å². The first-order valence-corrected chi connectivity index (χ1v) is 12.2. The molecule has 6 rings (SSSR count). The third kappa shape index (κ3) is 3.34. The van der Waals surface area contributed by atoms with Crippen LogP contribution in [0.5, 0.6) is 0 Å². The van der Waals surface area contributed by atoms with Gasteiger partial charge in [-0.25, -0.2) is 27.5 Å². The van der Waals surface area contributed by atoms with E-state index in [1.54, 1.807) is 18.2 Å². The van der Waals surface area contributed by atoms with Crippen molar-refractivity contribution in [1.29, 1.82) is 0 Å². The Morgan fingerprint density at radius 2 is 1.74 bits per heavy atom. The van der Waals surface area contributed by atoms with Crippen molar-refractivity contribution in [3.8, 4) is 22.8 Å². The van der Waals surface area contributed by atoms with Gasteiger partial charge in [0.25, 0.3) is 5.92 Å². The van der Waals surface area contributed by atoms with Gasteiger partial charge in [0.15, 0.2) is 17.8 Å². The molecular weight excluding hydrogens is 500 g/mol. The fraction of sp³-hybridized carbons (Fsp3) is 0.370. The first-order valence-electron chi connectivity index (χ1n) is 12.2. The van der Waals surface area contributed by atoms with Crippen molar-refractivity contribution in [3.63, 3.8) is 0 Å². The predicted molar refractivity (Wildman–Crippen MR) is 129 cm³/mol. The van der Waals surface area contributed by atoms with Gasteiger partial charge in [0.2, 0.25) is 0 Å². The van der Waals surface area contributed by atoms with Crippen LogP contribution in [0.15, 0.2) is 42.5 Å². The number of H-pyrrole nitrogens is 1. The maximum Gasteiger partial charge on any atom is 0.277 e. The van der Waals surface area contributed by atoms with Crippen LogP contribution in [-0.4, -0.2) is 41.4 Å². The van der Waals surface area contributed by atoms with E-state index in [1.165, 1.54) is 18.2 Å². The Labute approximate surface area is 215 Å². The molecule has 0 aliphatic heterocycles. The average molecular weight is 525 g/mol. The van der Waals surface area contributed by atoms with E-state index in [0.717, 1.165) is 18.4 Å². The standard InChI is InChI=1S/C27H24F4N6O/c1-25(2)14-10-11-27(25,21-13(14)12-18(34-35-21)20-15(28)6-4-7-16(20)29)19-9-5-8-17(32-19)23-33-24(37-36-23)22(38)26(3,30)31/h4-9,12,14,22,38H,10-11H2,1-3H3,(H,33,36,37)/t14-,22-,27-/m0/s1. The molecule has 0 saturated heterocycles. The van der Waals surface area contributed by atoms with Gasteiger partial charge in [0, 0.05) is 6.92 Å². The monoisotopic (exact) mass is 524 g/mol. The SMILES string of the molecule is CC(F)(F)[C@@H](O)c1nc(-c2cccc([C@@]34CC[C@@H](c5cc(-c6c(F)cccc6F)nnc53)C4(C)C)n2)n[nH]1. The second-order valence-corrected chi connectivity index (χ2v) is 10.7. The number of nitrogens with zero attached hydrogens (tertiary/aromatic N) is 5. The first kappa shape index (κ1) is 24.6. The van der Waals surface area contributed by atoms with E-state index in [4.69, 9.17) is 4.98 Å². The summed E-state index contributed by atoms with van der Waals surface area (Å²) in [6, 6.07) is 10.7. The summed E-state index contributed by atoms with van der Waals surface area (Å²) < 4.78 is 56.2. The molecule has 11 heteroatoms. The first-order chi connectivity index (χ1) is 17.9. The van der Waals surface area contributed by atoms with E-state index in [1.807, 2.05) is 6.07 Å². The number of hydrogen-bond acceptors (Lipinski definition) is 6. The lowest BCUT2D eigenvalue weighted by Crippen LogP contribution is -2.37. The Hall–Kier alpha value is -3.73. The molecule has 2 aliphatic carbocycles. The predicted octanol–water partition coefficient (Wildman–Crippen LogP) is 5.49. The average Bonchev–Trinajstić information content (AvgIpc) is 3.51. The number of fused-ring (bicyclic) bond motifs is 5. The van der Waals surface area contributed by atoms with Gasteiger partial charge in [-0.3, -0.25) is 5.10 Å². The molecule has 0 spiro atoms. The highest BCUT2D eigenvalue weighted by atomic mass is 19.3. The molecule has 2 aliphatic rings. The quantitative estimate of drug-likeness (QED) is 0.335. The van der Waals surface area contributed by atoms with Gasteiger partial charge in [0.1, 0.15) is 17.3 Å². The van der Waals surface area contributed by atoms with Crippen molar-refractivity contribution in [1.82, 2.24) is 30.4 Å². The number of nitrogens with one attached hydrogen (secondary N) is 1. The van der Waals surface area contributed by atoms with E-state index in [9.17, 15) is 22.7 Å². The van der Waals surface area contributed by atoms with Gasteiger partial charge >= 0.3 is 0 Å². The van der Waals surface area contributed by atoms with Crippen molar-refractivity contribution < 1.29 is 22.7 Å². The van der Waals surface area contributed by atoms with Crippen LogP contribution in [0.1, 0.15) is 68.4 Å². The third-order valence-electron chi connectivity index (χ3n) is 8.26. The van der Waals surface area contributed by atoms with Crippen molar-refractivity contribution >= 4 is 0 Å². The highest BCUT2D eigenvalue weighted by Crippen LogP contribution is 2.69. The summed E-state index contributed by atoms with van der Waals surface area (Å²) in [5.74, 6) is -5.04. The third-order valence-corrected chi connectivity index (χ3v) is 8.26. The molecule has 4 aromatic rings. The summed E-state index contributed by atoms with van der Waals surface area (Å²) >= 11 is 0. The molecule has 2 bridgehead atoms. The highest BCUT2D eigenvalue weighted by molar-refractivity contribution is 5.64. The Balaban J connectivity index is 1.45. The zero-order valence-corrected chi connectivity index (χ0v) is 20.8. The van der Waals surface area contributed by atoms with Gasteiger partial charge in [-0.05, 0) is 60.1 Å². The zero-order chi connectivity index (χ0) is 27.0. The lowest BCUT2D eigenvalue weighted by Gasteiger charge is -2.37. The molecule has 3 aromatic heterocycles. The van der Waals surface area contributed by atoms with Crippen molar-refractivity contribution in [2.45, 2.75) is 57.0 Å². The van der Waals surface area contributed by atoms with E-state index < -0.39 is 29.1 Å². The van der Waals surface area contributed by atoms with E-state index in [2.05, 4.69) is 39.2 Å². The number of halogens is 4. The molecule has 1 saturated carbocycles. The van der Waals surface area contributed by atoms with Crippen LogP contribution < -0.4 is 0 Å². The van der Waals surface area contributed by atoms with Gasteiger partial charge in [0.05, 0.1) is 28.1 Å². The minimum absolute atomic E-state index is 0.0593. The maximum absolute atomic E-state index is 14.5. The smallest absolute Gasteiger partial charge is 0.277 e. The number of aliphatic hydroxyl groups excluding tert-OH is 1. The van der Waals surface area contributed by atoms with E-state index in [0.29, 0.717) is 24.0 Å². The highest BCUT2D eigenvalue weighted by Gasteiger charge is 2.65. The molecule has 3 atom stereocenters. The van der Waals surface area contributed by atoms with Crippen LogP contribution in [0.3, 0.4) is 0 Å². The van der Waals surface area contributed by atoms with Gasteiger partial charge in [-0.1, -0.05) is 26.0 Å². The summed E-state index contributed by atoms with van der Waals surface area (Å²) in [6.45, 7) is 4.84. The summed E-state index contributed by atoms with van der Waals surface area (Å²) in [5.41, 5.74) is 1.56. The molecule has 1 aromatic carbocycles. The fourth-order valence-electron chi connectivity index (χ4n) is 6.30. The van der Waals surface area contributed by atoms with Crippen molar-refractivity contribution in [3.05, 3.63) is 76.9 Å². The molecular formula is C27H24F4N6O.